The molecule has 0 heterocycles. The van der Waals surface area contributed by atoms with Gasteiger partial charge in [-0.2, -0.15) is 8.78 Å². The van der Waals surface area contributed by atoms with E-state index < -0.39 is 12.5 Å². The highest BCUT2D eigenvalue weighted by Crippen LogP contribution is 2.18. The average molecular weight is 292 g/mol. The minimum Gasteiger partial charge on any atom is -0.435 e. The predicted octanol–water partition coefficient (Wildman–Crippen LogP) is 3.00. The van der Waals surface area contributed by atoms with E-state index in [0.29, 0.717) is 12.1 Å². The van der Waals surface area contributed by atoms with Crippen LogP contribution in [0.15, 0.2) is 48.5 Å². The zero-order chi connectivity index (χ0) is 15.2. The molecule has 3 N–H and O–H groups in total. The van der Waals surface area contributed by atoms with Crippen LogP contribution >= 0.6 is 0 Å². The third-order valence-corrected chi connectivity index (χ3v) is 2.79. The van der Waals surface area contributed by atoms with Gasteiger partial charge in [-0.1, -0.05) is 12.1 Å². The standard InChI is InChI=1S/C15H14F2N2O2/c16-15(17)21-13-6-4-12(5-7-13)19-9-10-2-1-3-11(8-10)14(18)20/h1-8,15,19H,9H2,(H2,18,20). The molecular formula is C15H14F2N2O2. The van der Waals surface area contributed by atoms with E-state index in [4.69, 9.17) is 5.73 Å². The fourth-order valence-electron chi connectivity index (χ4n) is 1.79. The van der Waals surface area contributed by atoms with E-state index >= 15 is 0 Å². The molecule has 2 rings (SSSR count). The van der Waals surface area contributed by atoms with Crippen LogP contribution in [0.2, 0.25) is 0 Å². The topological polar surface area (TPSA) is 64.4 Å². The van der Waals surface area contributed by atoms with Crippen molar-refractivity contribution in [1.29, 1.82) is 0 Å². The maximum absolute atomic E-state index is 12.0. The van der Waals surface area contributed by atoms with Crippen LogP contribution in [0.1, 0.15) is 15.9 Å². The van der Waals surface area contributed by atoms with Crippen molar-refractivity contribution in [3.63, 3.8) is 0 Å². The minimum atomic E-state index is -2.83. The Bertz CT molecular complexity index is 615. The lowest BCUT2D eigenvalue weighted by Crippen LogP contribution is -2.11. The molecule has 0 radical (unpaired) electrons. The first kappa shape index (κ1) is 14.8. The van der Waals surface area contributed by atoms with Crippen molar-refractivity contribution in [3.8, 4) is 5.75 Å². The normalized spacial score (nSPS) is 10.4. The highest BCUT2D eigenvalue weighted by molar-refractivity contribution is 5.92. The summed E-state index contributed by atoms with van der Waals surface area (Å²) in [5, 5.41) is 3.11. The number of nitrogens with one attached hydrogen (secondary N) is 1. The molecule has 0 saturated heterocycles. The molecule has 2 aromatic carbocycles. The number of benzene rings is 2. The van der Waals surface area contributed by atoms with E-state index in [2.05, 4.69) is 10.1 Å². The van der Waals surface area contributed by atoms with Gasteiger partial charge in [0.25, 0.3) is 0 Å². The molecular weight excluding hydrogens is 278 g/mol. The number of amides is 1. The van der Waals surface area contributed by atoms with Crippen molar-refractivity contribution >= 4 is 11.6 Å². The Morgan fingerprint density at radius 1 is 1.19 bits per heavy atom. The first-order valence-electron chi connectivity index (χ1n) is 6.22. The summed E-state index contributed by atoms with van der Waals surface area (Å²) in [5.41, 5.74) is 7.29. The van der Waals surface area contributed by atoms with Crippen LogP contribution in [0.4, 0.5) is 14.5 Å². The van der Waals surface area contributed by atoms with Crippen LogP contribution in [-0.2, 0) is 6.54 Å². The lowest BCUT2D eigenvalue weighted by molar-refractivity contribution is -0.0498. The number of rotatable bonds is 6. The molecule has 0 aliphatic rings. The summed E-state index contributed by atoms with van der Waals surface area (Å²) in [5.74, 6) is -0.378. The Hall–Kier alpha value is -2.63. The fourth-order valence-corrected chi connectivity index (χ4v) is 1.79. The molecule has 0 atom stereocenters. The summed E-state index contributed by atoms with van der Waals surface area (Å²) < 4.78 is 28.3. The Kier molecular flexibility index (Phi) is 4.71. The van der Waals surface area contributed by atoms with Crippen molar-refractivity contribution in [2.75, 3.05) is 5.32 Å². The van der Waals surface area contributed by atoms with Gasteiger partial charge in [-0.15, -0.1) is 0 Å². The van der Waals surface area contributed by atoms with E-state index in [0.717, 1.165) is 11.3 Å². The van der Waals surface area contributed by atoms with Gasteiger partial charge in [0.15, 0.2) is 0 Å². The number of nitrogens with two attached hydrogens (primary N) is 1. The third-order valence-electron chi connectivity index (χ3n) is 2.79. The third kappa shape index (κ3) is 4.45. The van der Waals surface area contributed by atoms with Gasteiger partial charge in [0.05, 0.1) is 0 Å². The van der Waals surface area contributed by atoms with E-state index in [9.17, 15) is 13.6 Å². The quantitative estimate of drug-likeness (QED) is 0.860. The summed E-state index contributed by atoms with van der Waals surface area (Å²) in [4.78, 5) is 11.1. The number of hydrogen-bond acceptors (Lipinski definition) is 3. The van der Waals surface area contributed by atoms with Crippen LogP contribution < -0.4 is 15.8 Å². The maximum atomic E-state index is 12.0. The lowest BCUT2D eigenvalue weighted by Gasteiger charge is -2.09. The number of primary amides is 1. The van der Waals surface area contributed by atoms with Crippen molar-refractivity contribution in [2.24, 2.45) is 5.73 Å². The Balaban J connectivity index is 1.96. The molecule has 4 nitrogen and oxygen atoms in total. The smallest absolute Gasteiger partial charge is 0.387 e. The summed E-state index contributed by atoms with van der Waals surface area (Å²) >= 11 is 0. The van der Waals surface area contributed by atoms with Crippen LogP contribution in [0.25, 0.3) is 0 Å². The largest absolute Gasteiger partial charge is 0.435 e. The van der Waals surface area contributed by atoms with E-state index in [1.54, 1.807) is 30.3 Å². The molecule has 0 bridgehead atoms. The second-order valence-electron chi connectivity index (χ2n) is 4.32. The predicted molar refractivity (Wildman–Crippen MR) is 75.4 cm³/mol. The van der Waals surface area contributed by atoms with Crippen LogP contribution in [0.3, 0.4) is 0 Å². The summed E-state index contributed by atoms with van der Waals surface area (Å²) in [6, 6.07) is 13.1. The Morgan fingerprint density at radius 3 is 2.52 bits per heavy atom. The molecule has 0 spiro atoms. The fraction of sp³-hybridized carbons (Fsp3) is 0.133. The molecule has 0 aliphatic heterocycles. The van der Waals surface area contributed by atoms with E-state index in [1.807, 2.05) is 6.07 Å². The molecule has 6 heteroatoms. The molecule has 0 fully saturated rings. The van der Waals surface area contributed by atoms with Crippen LogP contribution in [0.5, 0.6) is 5.75 Å². The van der Waals surface area contributed by atoms with Gasteiger partial charge in [-0.3, -0.25) is 4.79 Å². The van der Waals surface area contributed by atoms with Crippen molar-refractivity contribution in [2.45, 2.75) is 13.2 Å². The number of ether oxygens (including phenoxy) is 1. The summed E-state index contributed by atoms with van der Waals surface area (Å²) in [6.07, 6.45) is 0. The SMILES string of the molecule is NC(=O)c1cccc(CNc2ccc(OC(F)F)cc2)c1. The minimum absolute atomic E-state index is 0.103. The van der Waals surface area contributed by atoms with Crippen LogP contribution in [-0.4, -0.2) is 12.5 Å². The van der Waals surface area contributed by atoms with Crippen molar-refractivity contribution in [1.82, 2.24) is 0 Å². The lowest BCUT2D eigenvalue weighted by atomic mass is 10.1. The molecule has 1 amide bonds. The first-order valence-corrected chi connectivity index (χ1v) is 6.22. The second-order valence-corrected chi connectivity index (χ2v) is 4.32. The van der Waals surface area contributed by atoms with Gasteiger partial charge in [0, 0.05) is 17.8 Å². The monoisotopic (exact) mass is 292 g/mol. The van der Waals surface area contributed by atoms with Crippen molar-refractivity contribution < 1.29 is 18.3 Å². The van der Waals surface area contributed by atoms with Crippen LogP contribution in [0, 0.1) is 0 Å². The van der Waals surface area contributed by atoms with Crippen molar-refractivity contribution in [3.05, 3.63) is 59.7 Å². The molecule has 110 valence electrons. The van der Waals surface area contributed by atoms with Gasteiger partial charge >= 0.3 is 6.61 Å². The molecule has 0 unspecified atom stereocenters. The molecule has 0 saturated carbocycles. The number of halogens is 2. The number of hydrogen-bond donors (Lipinski definition) is 2. The van der Waals surface area contributed by atoms with E-state index in [1.165, 1.54) is 12.1 Å². The van der Waals surface area contributed by atoms with Gasteiger partial charge in [-0.25, -0.2) is 0 Å². The Labute approximate surface area is 120 Å². The van der Waals surface area contributed by atoms with E-state index in [-0.39, 0.29) is 5.75 Å². The van der Waals surface area contributed by atoms with Gasteiger partial charge < -0.3 is 15.8 Å². The summed E-state index contributed by atoms with van der Waals surface area (Å²) in [6.45, 7) is -2.35. The number of carbonyl (C=O) groups excluding carboxylic acids is 1. The average Bonchev–Trinajstić information content (AvgIpc) is 2.46. The molecule has 0 aliphatic carbocycles. The molecule has 21 heavy (non-hydrogen) atoms. The van der Waals surface area contributed by atoms with Gasteiger partial charge in [-0.05, 0) is 42.0 Å². The number of carbonyl (C=O) groups is 1. The zero-order valence-corrected chi connectivity index (χ0v) is 11.1. The zero-order valence-electron chi connectivity index (χ0n) is 11.1. The molecule has 2 aromatic rings. The first-order chi connectivity index (χ1) is 10.0. The highest BCUT2D eigenvalue weighted by Gasteiger charge is 2.04. The Morgan fingerprint density at radius 2 is 1.90 bits per heavy atom. The highest BCUT2D eigenvalue weighted by atomic mass is 19.3. The number of alkyl halides is 2. The molecule has 0 aromatic heterocycles. The van der Waals surface area contributed by atoms with Gasteiger partial charge in [0.1, 0.15) is 5.75 Å². The van der Waals surface area contributed by atoms with Gasteiger partial charge in [0.2, 0.25) is 5.91 Å². The second kappa shape index (κ2) is 6.69. The maximum Gasteiger partial charge on any atom is 0.387 e. The summed E-state index contributed by atoms with van der Waals surface area (Å²) in [7, 11) is 0. The number of anilines is 1.